The lowest BCUT2D eigenvalue weighted by Gasteiger charge is -2.15. The van der Waals surface area contributed by atoms with Crippen LogP contribution in [0, 0.1) is 0 Å². The van der Waals surface area contributed by atoms with Gasteiger partial charge in [-0.25, -0.2) is 0 Å². The molecule has 0 amide bonds. The van der Waals surface area contributed by atoms with Crippen LogP contribution < -0.4 is 0 Å². The van der Waals surface area contributed by atoms with Gasteiger partial charge in [0.1, 0.15) is 0 Å². The van der Waals surface area contributed by atoms with Gasteiger partial charge < -0.3 is 4.57 Å². The fourth-order valence-electron chi connectivity index (χ4n) is 2.36. The predicted molar refractivity (Wildman–Crippen MR) is 83.6 cm³/mol. The SMILES string of the molecule is CCCCCCCCCCCCN([SiH3])CCC. The molecule has 1 nitrogen and oxygen atoms in total. The van der Waals surface area contributed by atoms with E-state index in [0.717, 1.165) is 0 Å². The Kier molecular flexibility index (Phi) is 14.4. The maximum absolute atomic E-state index is 2.60. The Bertz CT molecular complexity index is 139. The van der Waals surface area contributed by atoms with Gasteiger partial charge >= 0.3 is 0 Å². The molecule has 17 heavy (non-hydrogen) atoms. The molecule has 2 heteroatoms. The van der Waals surface area contributed by atoms with Gasteiger partial charge in [-0.15, -0.1) is 0 Å². The molecular weight excluding hydrogens is 222 g/mol. The van der Waals surface area contributed by atoms with E-state index in [-0.39, 0.29) is 0 Å². The van der Waals surface area contributed by atoms with Gasteiger partial charge in [-0.1, -0.05) is 71.6 Å². The quantitative estimate of drug-likeness (QED) is 0.357. The fourth-order valence-corrected chi connectivity index (χ4v) is 3.13. The second kappa shape index (κ2) is 14.2. The van der Waals surface area contributed by atoms with Crippen molar-refractivity contribution in [1.82, 2.24) is 4.57 Å². The third-order valence-corrected chi connectivity index (χ3v) is 4.39. The summed E-state index contributed by atoms with van der Waals surface area (Å²) in [5, 5.41) is 0. The molecule has 0 atom stereocenters. The molecule has 0 bridgehead atoms. The van der Waals surface area contributed by atoms with Crippen LogP contribution in [0.25, 0.3) is 0 Å². The summed E-state index contributed by atoms with van der Waals surface area (Å²) in [5.74, 6) is 0. The summed E-state index contributed by atoms with van der Waals surface area (Å²) in [4.78, 5) is 0. The summed E-state index contributed by atoms with van der Waals surface area (Å²) in [7, 11) is 1.25. The molecule has 0 aliphatic carbocycles. The van der Waals surface area contributed by atoms with Crippen LogP contribution in [0.5, 0.6) is 0 Å². The van der Waals surface area contributed by atoms with Crippen molar-refractivity contribution in [2.45, 2.75) is 84.5 Å². The Morgan fingerprint density at radius 2 is 1.06 bits per heavy atom. The van der Waals surface area contributed by atoms with Crippen LogP contribution in [-0.4, -0.2) is 28.1 Å². The summed E-state index contributed by atoms with van der Waals surface area (Å²) in [6, 6.07) is 0. The van der Waals surface area contributed by atoms with Crippen molar-refractivity contribution in [2.75, 3.05) is 13.1 Å². The zero-order chi connectivity index (χ0) is 12.8. The molecule has 0 fully saturated rings. The number of hydrogen-bond acceptors (Lipinski definition) is 1. The second-order valence-electron chi connectivity index (χ2n) is 5.49. The Balaban J connectivity index is 2.98. The zero-order valence-electron chi connectivity index (χ0n) is 12.6. The van der Waals surface area contributed by atoms with Gasteiger partial charge in [-0.3, -0.25) is 0 Å². The third-order valence-electron chi connectivity index (χ3n) is 3.50. The number of unbranched alkanes of at least 4 members (excludes halogenated alkanes) is 9. The Labute approximate surface area is 113 Å². The smallest absolute Gasteiger partial charge is 0.0784 e. The number of nitrogens with zero attached hydrogens (tertiary/aromatic N) is 1. The topological polar surface area (TPSA) is 3.24 Å². The molecule has 0 aromatic carbocycles. The highest BCUT2D eigenvalue weighted by atomic mass is 28.2. The summed E-state index contributed by atoms with van der Waals surface area (Å²) < 4.78 is 2.60. The minimum Gasteiger partial charge on any atom is -0.332 e. The molecule has 0 N–H and O–H groups in total. The lowest BCUT2D eigenvalue weighted by atomic mass is 10.1. The minimum absolute atomic E-state index is 1.25. The summed E-state index contributed by atoms with van der Waals surface area (Å²) in [6.07, 6.45) is 15.8. The van der Waals surface area contributed by atoms with Crippen molar-refractivity contribution in [2.24, 2.45) is 0 Å². The maximum Gasteiger partial charge on any atom is 0.0784 e. The van der Waals surface area contributed by atoms with Crippen molar-refractivity contribution in [3.05, 3.63) is 0 Å². The molecule has 0 saturated carbocycles. The molecule has 0 saturated heterocycles. The van der Waals surface area contributed by atoms with Gasteiger partial charge in [0.25, 0.3) is 0 Å². The highest BCUT2D eigenvalue weighted by Crippen LogP contribution is 2.10. The molecule has 0 rings (SSSR count). The van der Waals surface area contributed by atoms with Crippen molar-refractivity contribution in [3.8, 4) is 0 Å². The summed E-state index contributed by atoms with van der Waals surface area (Å²) in [6.45, 7) is 7.25. The first kappa shape index (κ1) is 17.2. The van der Waals surface area contributed by atoms with Crippen LogP contribution in [0.2, 0.25) is 0 Å². The molecule has 0 aromatic heterocycles. The van der Waals surface area contributed by atoms with E-state index in [0.29, 0.717) is 0 Å². The number of rotatable bonds is 13. The van der Waals surface area contributed by atoms with E-state index in [9.17, 15) is 0 Å². The highest BCUT2D eigenvalue weighted by Gasteiger charge is 1.96. The van der Waals surface area contributed by atoms with Crippen LogP contribution in [-0.2, 0) is 0 Å². The zero-order valence-corrected chi connectivity index (χ0v) is 14.6. The number of hydrogen-bond donors (Lipinski definition) is 0. The van der Waals surface area contributed by atoms with Gasteiger partial charge in [0, 0.05) is 0 Å². The first-order chi connectivity index (χ1) is 8.31. The van der Waals surface area contributed by atoms with E-state index in [1.165, 1.54) is 94.1 Å². The molecular formula is C15H35NSi. The van der Waals surface area contributed by atoms with E-state index in [1.807, 2.05) is 0 Å². The van der Waals surface area contributed by atoms with Crippen LogP contribution in [0.1, 0.15) is 84.5 Å². The first-order valence-corrected chi connectivity index (χ1v) is 8.89. The van der Waals surface area contributed by atoms with Crippen LogP contribution >= 0.6 is 0 Å². The van der Waals surface area contributed by atoms with Gasteiger partial charge in [0.2, 0.25) is 0 Å². The predicted octanol–water partition coefficient (Wildman–Crippen LogP) is 3.90. The lowest BCUT2D eigenvalue weighted by molar-refractivity contribution is 0.427. The average Bonchev–Trinajstić information content (AvgIpc) is 2.32. The van der Waals surface area contributed by atoms with Crippen molar-refractivity contribution < 1.29 is 0 Å². The van der Waals surface area contributed by atoms with Crippen LogP contribution in [0.4, 0.5) is 0 Å². The first-order valence-electron chi connectivity index (χ1n) is 7.99. The molecule has 0 unspecified atom stereocenters. The Hall–Kier alpha value is 0.177. The molecule has 0 aliphatic rings. The Morgan fingerprint density at radius 1 is 0.588 bits per heavy atom. The fraction of sp³-hybridized carbons (Fsp3) is 1.00. The molecule has 0 heterocycles. The van der Waals surface area contributed by atoms with Gasteiger partial charge in [-0.2, -0.15) is 0 Å². The van der Waals surface area contributed by atoms with E-state index in [2.05, 4.69) is 18.4 Å². The third kappa shape index (κ3) is 14.1. The average molecular weight is 258 g/mol. The van der Waals surface area contributed by atoms with Crippen molar-refractivity contribution >= 4 is 10.4 Å². The lowest BCUT2D eigenvalue weighted by Crippen LogP contribution is -2.22. The van der Waals surface area contributed by atoms with E-state index >= 15 is 0 Å². The Morgan fingerprint density at radius 3 is 1.53 bits per heavy atom. The van der Waals surface area contributed by atoms with Crippen molar-refractivity contribution in [3.63, 3.8) is 0 Å². The summed E-state index contributed by atoms with van der Waals surface area (Å²) in [5.41, 5.74) is 0. The molecule has 104 valence electrons. The monoisotopic (exact) mass is 257 g/mol. The van der Waals surface area contributed by atoms with E-state index in [1.54, 1.807) is 0 Å². The molecule has 0 aromatic rings. The highest BCUT2D eigenvalue weighted by molar-refractivity contribution is 6.04. The van der Waals surface area contributed by atoms with E-state index in [4.69, 9.17) is 0 Å². The van der Waals surface area contributed by atoms with Gasteiger partial charge in [0.15, 0.2) is 0 Å². The molecule has 0 aliphatic heterocycles. The largest absolute Gasteiger partial charge is 0.332 e. The molecule has 0 spiro atoms. The van der Waals surface area contributed by atoms with Gasteiger partial charge in [-0.05, 0) is 25.9 Å². The van der Waals surface area contributed by atoms with Crippen LogP contribution in [0.3, 0.4) is 0 Å². The maximum atomic E-state index is 2.60. The minimum atomic E-state index is 1.25. The summed E-state index contributed by atoms with van der Waals surface area (Å²) >= 11 is 0. The second-order valence-corrected chi connectivity index (χ2v) is 6.75. The normalized spacial score (nSPS) is 11.5. The molecule has 0 radical (unpaired) electrons. The van der Waals surface area contributed by atoms with E-state index < -0.39 is 0 Å². The standard InChI is InChI=1S/C15H35NSi/c1-3-5-6-7-8-9-10-11-12-13-15-16(17)14-4-2/h3-15H2,1-2,17H3. The van der Waals surface area contributed by atoms with Crippen LogP contribution in [0.15, 0.2) is 0 Å². The van der Waals surface area contributed by atoms with Crippen molar-refractivity contribution in [1.29, 1.82) is 0 Å². The van der Waals surface area contributed by atoms with Gasteiger partial charge in [0.05, 0.1) is 10.4 Å².